The summed E-state index contributed by atoms with van der Waals surface area (Å²) in [5, 5.41) is 2.91. The first-order valence-electron chi connectivity index (χ1n) is 8.12. The molecule has 0 saturated heterocycles. The SMILES string of the molecule is CCCCN1C(=O)CSc2ccc(NC(=O)c3ccccc3)cc21. The Balaban J connectivity index is 1.83. The van der Waals surface area contributed by atoms with Gasteiger partial charge in [-0.15, -0.1) is 11.8 Å². The lowest BCUT2D eigenvalue weighted by Gasteiger charge is -2.29. The third-order valence-electron chi connectivity index (χ3n) is 3.93. The first-order chi connectivity index (χ1) is 11.7. The Morgan fingerprint density at radius 3 is 2.75 bits per heavy atom. The summed E-state index contributed by atoms with van der Waals surface area (Å²) in [4.78, 5) is 27.5. The van der Waals surface area contributed by atoms with E-state index in [1.165, 1.54) is 0 Å². The van der Waals surface area contributed by atoms with Crippen LogP contribution in [0.4, 0.5) is 11.4 Å². The molecule has 1 N–H and O–H groups in total. The standard InChI is InChI=1S/C19H20N2O2S/c1-2-3-11-21-16-12-15(9-10-17(16)24-13-18(21)22)20-19(23)14-7-5-4-6-8-14/h4-10,12H,2-3,11,13H2,1H3,(H,20,23). The number of anilines is 2. The van der Waals surface area contributed by atoms with Crippen molar-refractivity contribution in [2.75, 3.05) is 22.5 Å². The highest BCUT2D eigenvalue weighted by molar-refractivity contribution is 8.00. The van der Waals surface area contributed by atoms with Gasteiger partial charge in [-0.3, -0.25) is 9.59 Å². The van der Waals surface area contributed by atoms with Gasteiger partial charge in [-0.25, -0.2) is 0 Å². The lowest BCUT2D eigenvalue weighted by atomic mass is 10.2. The fourth-order valence-electron chi connectivity index (χ4n) is 2.63. The van der Waals surface area contributed by atoms with Crippen LogP contribution in [0.5, 0.6) is 0 Å². The molecule has 0 fully saturated rings. The second-order valence-corrected chi connectivity index (χ2v) is 6.71. The molecular weight excluding hydrogens is 320 g/mol. The van der Waals surface area contributed by atoms with E-state index in [1.807, 2.05) is 41.3 Å². The molecule has 24 heavy (non-hydrogen) atoms. The summed E-state index contributed by atoms with van der Waals surface area (Å²) < 4.78 is 0. The molecule has 1 aliphatic heterocycles. The molecule has 0 unspecified atom stereocenters. The van der Waals surface area contributed by atoms with Crippen molar-refractivity contribution in [1.82, 2.24) is 0 Å². The van der Waals surface area contributed by atoms with Gasteiger partial charge in [-0.05, 0) is 36.8 Å². The zero-order valence-electron chi connectivity index (χ0n) is 13.6. The normalized spacial score (nSPS) is 13.5. The first kappa shape index (κ1) is 16.6. The summed E-state index contributed by atoms with van der Waals surface area (Å²) in [5.41, 5.74) is 2.22. The number of benzene rings is 2. The molecule has 2 aromatic carbocycles. The molecule has 0 aliphatic carbocycles. The van der Waals surface area contributed by atoms with Crippen molar-refractivity contribution in [1.29, 1.82) is 0 Å². The molecule has 2 amide bonds. The highest BCUT2D eigenvalue weighted by Gasteiger charge is 2.24. The first-order valence-corrected chi connectivity index (χ1v) is 9.11. The molecule has 0 spiro atoms. The number of nitrogens with one attached hydrogen (secondary N) is 1. The lowest BCUT2D eigenvalue weighted by molar-refractivity contribution is -0.116. The summed E-state index contributed by atoms with van der Waals surface area (Å²) in [6.07, 6.45) is 2.01. The van der Waals surface area contributed by atoms with Crippen LogP contribution in [0.25, 0.3) is 0 Å². The summed E-state index contributed by atoms with van der Waals surface area (Å²) in [7, 11) is 0. The van der Waals surface area contributed by atoms with Crippen molar-refractivity contribution in [3.63, 3.8) is 0 Å². The van der Waals surface area contributed by atoms with Crippen LogP contribution in [-0.4, -0.2) is 24.1 Å². The number of hydrogen-bond donors (Lipinski definition) is 1. The Labute approximate surface area is 146 Å². The molecule has 124 valence electrons. The number of nitrogens with zero attached hydrogens (tertiary/aromatic N) is 1. The van der Waals surface area contributed by atoms with Crippen molar-refractivity contribution in [2.45, 2.75) is 24.7 Å². The molecular formula is C19H20N2O2S. The predicted molar refractivity (Wildman–Crippen MR) is 98.8 cm³/mol. The van der Waals surface area contributed by atoms with Crippen LogP contribution in [0.1, 0.15) is 30.1 Å². The Hall–Kier alpha value is -2.27. The van der Waals surface area contributed by atoms with Crippen LogP contribution in [0.2, 0.25) is 0 Å². The van der Waals surface area contributed by atoms with Gasteiger partial charge in [0.15, 0.2) is 0 Å². The van der Waals surface area contributed by atoms with Crippen LogP contribution in [0.3, 0.4) is 0 Å². The molecule has 5 heteroatoms. The van der Waals surface area contributed by atoms with E-state index in [0.717, 1.165) is 30.0 Å². The molecule has 1 heterocycles. The number of fused-ring (bicyclic) bond motifs is 1. The average molecular weight is 340 g/mol. The monoisotopic (exact) mass is 340 g/mol. The molecule has 0 bridgehead atoms. The fraction of sp³-hybridized carbons (Fsp3) is 0.263. The molecule has 0 radical (unpaired) electrons. The van der Waals surface area contributed by atoms with Crippen LogP contribution < -0.4 is 10.2 Å². The van der Waals surface area contributed by atoms with Gasteiger partial charge >= 0.3 is 0 Å². The van der Waals surface area contributed by atoms with Crippen molar-refractivity contribution >= 4 is 35.0 Å². The molecule has 1 aliphatic rings. The molecule has 2 aromatic rings. The maximum Gasteiger partial charge on any atom is 0.255 e. The number of carbonyl (C=O) groups is 2. The number of rotatable bonds is 5. The maximum absolute atomic E-state index is 12.3. The summed E-state index contributed by atoms with van der Waals surface area (Å²) >= 11 is 1.55. The van der Waals surface area contributed by atoms with Gasteiger partial charge in [0.1, 0.15) is 0 Å². The predicted octanol–water partition coefficient (Wildman–Crippen LogP) is 4.18. The maximum atomic E-state index is 12.3. The third kappa shape index (κ3) is 3.62. The highest BCUT2D eigenvalue weighted by Crippen LogP contribution is 2.37. The van der Waals surface area contributed by atoms with E-state index in [4.69, 9.17) is 0 Å². The van der Waals surface area contributed by atoms with E-state index < -0.39 is 0 Å². The van der Waals surface area contributed by atoms with E-state index in [0.29, 0.717) is 17.0 Å². The minimum Gasteiger partial charge on any atom is -0.322 e. The number of thioether (sulfide) groups is 1. The van der Waals surface area contributed by atoms with Crippen molar-refractivity contribution < 1.29 is 9.59 Å². The molecule has 4 nitrogen and oxygen atoms in total. The number of amides is 2. The van der Waals surface area contributed by atoms with Crippen LogP contribution >= 0.6 is 11.8 Å². The van der Waals surface area contributed by atoms with Gasteiger partial charge in [0.2, 0.25) is 5.91 Å². The summed E-state index contributed by atoms with van der Waals surface area (Å²) in [6.45, 7) is 2.83. The van der Waals surface area contributed by atoms with Gasteiger partial charge in [0.05, 0.1) is 11.4 Å². The van der Waals surface area contributed by atoms with Crippen molar-refractivity contribution in [3.8, 4) is 0 Å². The van der Waals surface area contributed by atoms with Crippen LogP contribution in [0, 0.1) is 0 Å². The van der Waals surface area contributed by atoms with Gasteiger partial charge in [-0.2, -0.15) is 0 Å². The minimum absolute atomic E-state index is 0.132. The molecule has 3 rings (SSSR count). The largest absolute Gasteiger partial charge is 0.322 e. The zero-order chi connectivity index (χ0) is 16.9. The second-order valence-electron chi connectivity index (χ2n) is 5.69. The summed E-state index contributed by atoms with van der Waals surface area (Å²) in [5.74, 6) is 0.463. The Morgan fingerprint density at radius 1 is 1.21 bits per heavy atom. The lowest BCUT2D eigenvalue weighted by Crippen LogP contribution is -2.36. The Morgan fingerprint density at radius 2 is 2.00 bits per heavy atom. The Bertz CT molecular complexity index is 746. The second kappa shape index (κ2) is 7.53. The van der Waals surface area contributed by atoms with Gasteiger partial charge in [-0.1, -0.05) is 31.5 Å². The van der Waals surface area contributed by atoms with Crippen LogP contribution in [-0.2, 0) is 4.79 Å². The Kier molecular flexibility index (Phi) is 5.20. The topological polar surface area (TPSA) is 49.4 Å². The van der Waals surface area contributed by atoms with Crippen molar-refractivity contribution in [3.05, 3.63) is 54.1 Å². The number of hydrogen-bond acceptors (Lipinski definition) is 3. The average Bonchev–Trinajstić information content (AvgIpc) is 2.61. The summed E-state index contributed by atoms with van der Waals surface area (Å²) in [6, 6.07) is 14.9. The molecule has 0 aromatic heterocycles. The highest BCUT2D eigenvalue weighted by atomic mass is 32.2. The van der Waals surface area contributed by atoms with E-state index >= 15 is 0 Å². The van der Waals surface area contributed by atoms with Crippen molar-refractivity contribution in [2.24, 2.45) is 0 Å². The van der Waals surface area contributed by atoms with E-state index in [1.54, 1.807) is 23.9 Å². The van der Waals surface area contributed by atoms with E-state index in [9.17, 15) is 9.59 Å². The van der Waals surface area contributed by atoms with Crippen LogP contribution in [0.15, 0.2) is 53.4 Å². The number of carbonyl (C=O) groups excluding carboxylic acids is 2. The fourth-order valence-corrected chi connectivity index (χ4v) is 3.55. The smallest absolute Gasteiger partial charge is 0.255 e. The van der Waals surface area contributed by atoms with Gasteiger partial charge in [0, 0.05) is 22.7 Å². The quantitative estimate of drug-likeness (QED) is 0.888. The van der Waals surface area contributed by atoms with Gasteiger partial charge < -0.3 is 10.2 Å². The molecule has 0 atom stereocenters. The molecule has 0 saturated carbocycles. The van der Waals surface area contributed by atoms with E-state index in [-0.39, 0.29) is 11.8 Å². The third-order valence-corrected chi connectivity index (χ3v) is 4.98. The minimum atomic E-state index is -0.148. The van der Waals surface area contributed by atoms with Gasteiger partial charge in [0.25, 0.3) is 5.91 Å². The van der Waals surface area contributed by atoms with E-state index in [2.05, 4.69) is 12.2 Å². The number of unbranched alkanes of at least 4 members (excludes halogenated alkanes) is 1. The zero-order valence-corrected chi connectivity index (χ0v) is 14.4.